The predicted molar refractivity (Wildman–Crippen MR) is 156 cm³/mol. The number of methoxy groups -OCH3 is 1. The van der Waals surface area contributed by atoms with E-state index in [1.54, 1.807) is 7.11 Å². The SMILES string of the molecule is C=C(/C=C\C(C)=C\CC)CN=C(N/C=C/CC)c1cc(-c2ccc(Cl)cc2)cc(OC)c1C.CC. The molecule has 0 aliphatic rings. The van der Waals surface area contributed by atoms with Crippen LogP contribution >= 0.6 is 11.6 Å². The van der Waals surface area contributed by atoms with Crippen molar-refractivity contribution in [1.82, 2.24) is 5.32 Å². The fraction of sp³-hybridized carbons (Fsp3) is 0.323. The first-order chi connectivity index (χ1) is 16.9. The topological polar surface area (TPSA) is 33.6 Å². The van der Waals surface area contributed by atoms with Crippen molar-refractivity contribution in [3.8, 4) is 16.9 Å². The van der Waals surface area contributed by atoms with E-state index >= 15 is 0 Å². The maximum Gasteiger partial charge on any atom is 0.133 e. The molecule has 0 saturated heterocycles. The van der Waals surface area contributed by atoms with Crippen molar-refractivity contribution in [2.75, 3.05) is 13.7 Å². The lowest BCUT2D eigenvalue weighted by atomic mass is 9.98. The van der Waals surface area contributed by atoms with Crippen LogP contribution in [0.4, 0.5) is 0 Å². The first-order valence-corrected chi connectivity index (χ1v) is 12.7. The summed E-state index contributed by atoms with van der Waals surface area (Å²) in [4.78, 5) is 4.88. The van der Waals surface area contributed by atoms with E-state index in [-0.39, 0.29) is 0 Å². The molecule has 0 spiro atoms. The highest BCUT2D eigenvalue weighted by Gasteiger charge is 2.14. The summed E-state index contributed by atoms with van der Waals surface area (Å²) >= 11 is 6.09. The number of hydrogen-bond donors (Lipinski definition) is 1. The van der Waals surface area contributed by atoms with Gasteiger partial charge in [-0.25, -0.2) is 0 Å². The third kappa shape index (κ3) is 10.00. The monoisotopic (exact) mass is 492 g/mol. The Morgan fingerprint density at radius 1 is 1.06 bits per heavy atom. The van der Waals surface area contributed by atoms with Crippen LogP contribution in [-0.4, -0.2) is 19.5 Å². The van der Waals surface area contributed by atoms with Crippen molar-refractivity contribution in [2.24, 2.45) is 4.99 Å². The summed E-state index contributed by atoms with van der Waals surface area (Å²) in [5, 5.41) is 4.08. The van der Waals surface area contributed by atoms with Gasteiger partial charge in [0.25, 0.3) is 0 Å². The van der Waals surface area contributed by atoms with Crippen molar-refractivity contribution < 1.29 is 4.74 Å². The molecule has 0 aromatic heterocycles. The van der Waals surface area contributed by atoms with Gasteiger partial charge in [0.15, 0.2) is 0 Å². The summed E-state index contributed by atoms with van der Waals surface area (Å²) in [5.74, 6) is 1.59. The van der Waals surface area contributed by atoms with Gasteiger partial charge in [-0.2, -0.15) is 0 Å². The zero-order valence-corrected chi connectivity index (χ0v) is 23.2. The second-order valence-corrected chi connectivity index (χ2v) is 8.26. The van der Waals surface area contributed by atoms with E-state index in [1.165, 1.54) is 5.57 Å². The maximum atomic E-state index is 6.09. The van der Waals surface area contributed by atoms with E-state index in [4.69, 9.17) is 21.3 Å². The van der Waals surface area contributed by atoms with Gasteiger partial charge in [0.2, 0.25) is 0 Å². The highest BCUT2D eigenvalue weighted by Crippen LogP contribution is 2.31. The quantitative estimate of drug-likeness (QED) is 0.204. The van der Waals surface area contributed by atoms with E-state index in [1.807, 2.05) is 63.4 Å². The number of hydrogen-bond acceptors (Lipinski definition) is 2. The van der Waals surface area contributed by atoms with Crippen LogP contribution in [0.5, 0.6) is 5.75 Å². The van der Waals surface area contributed by atoms with Crippen LogP contribution in [-0.2, 0) is 0 Å². The first kappa shape index (κ1) is 30.0. The number of benzene rings is 2. The predicted octanol–water partition coefficient (Wildman–Crippen LogP) is 9.08. The van der Waals surface area contributed by atoms with Crippen molar-refractivity contribution in [2.45, 2.75) is 54.4 Å². The number of amidine groups is 1. The second-order valence-electron chi connectivity index (χ2n) is 7.83. The van der Waals surface area contributed by atoms with Gasteiger partial charge in [-0.05, 0) is 73.9 Å². The third-order valence-electron chi connectivity index (χ3n) is 5.13. The minimum absolute atomic E-state index is 0.491. The van der Waals surface area contributed by atoms with E-state index in [0.717, 1.165) is 52.3 Å². The van der Waals surface area contributed by atoms with Gasteiger partial charge in [0, 0.05) is 16.1 Å². The molecule has 0 saturated carbocycles. The highest BCUT2D eigenvalue weighted by atomic mass is 35.5. The van der Waals surface area contributed by atoms with E-state index < -0.39 is 0 Å². The number of ether oxygens (including phenoxy) is 1. The molecule has 0 atom stereocenters. The number of aliphatic imine (C=N–C) groups is 1. The molecule has 0 aliphatic heterocycles. The van der Waals surface area contributed by atoms with Gasteiger partial charge < -0.3 is 10.1 Å². The summed E-state index contributed by atoms with van der Waals surface area (Å²) in [6.45, 7) is 17.0. The van der Waals surface area contributed by atoms with Crippen LogP contribution in [0.25, 0.3) is 11.1 Å². The largest absolute Gasteiger partial charge is 0.496 e. The number of rotatable bonds is 10. The van der Waals surface area contributed by atoms with Gasteiger partial charge in [-0.3, -0.25) is 4.99 Å². The molecule has 2 rings (SSSR count). The summed E-state index contributed by atoms with van der Waals surface area (Å²) in [6, 6.07) is 12.0. The molecule has 0 unspecified atom stereocenters. The Labute approximate surface area is 218 Å². The Kier molecular flexibility index (Phi) is 14.2. The van der Waals surface area contributed by atoms with Gasteiger partial charge in [0.05, 0.1) is 13.7 Å². The zero-order chi connectivity index (χ0) is 26.2. The Morgan fingerprint density at radius 2 is 1.74 bits per heavy atom. The van der Waals surface area contributed by atoms with Crippen LogP contribution in [0.2, 0.25) is 5.02 Å². The molecule has 0 radical (unpaired) electrons. The van der Waals surface area contributed by atoms with E-state index in [9.17, 15) is 0 Å². The molecule has 188 valence electrons. The fourth-order valence-corrected chi connectivity index (χ4v) is 3.42. The number of nitrogens with one attached hydrogen (secondary N) is 1. The van der Waals surface area contributed by atoms with Gasteiger partial charge in [-0.1, -0.05) is 87.9 Å². The van der Waals surface area contributed by atoms with Gasteiger partial charge in [-0.15, -0.1) is 0 Å². The molecule has 0 heterocycles. The highest BCUT2D eigenvalue weighted by molar-refractivity contribution is 6.30. The molecule has 2 aromatic carbocycles. The van der Waals surface area contributed by atoms with Gasteiger partial charge in [0.1, 0.15) is 11.6 Å². The molecule has 0 amide bonds. The van der Waals surface area contributed by atoms with Crippen molar-refractivity contribution >= 4 is 17.4 Å². The maximum absolute atomic E-state index is 6.09. The molecule has 4 heteroatoms. The molecule has 1 N–H and O–H groups in total. The average molecular weight is 493 g/mol. The molecule has 3 nitrogen and oxygen atoms in total. The summed E-state index contributed by atoms with van der Waals surface area (Å²) in [6.07, 6.45) is 12.3. The normalized spacial score (nSPS) is 12.0. The Balaban J connectivity index is 0.00000298. The molecular formula is C31H41ClN2O. The number of nitrogens with zero attached hydrogens (tertiary/aromatic N) is 1. The molecule has 0 bridgehead atoms. The zero-order valence-electron chi connectivity index (χ0n) is 22.4. The van der Waals surface area contributed by atoms with Crippen LogP contribution in [0.15, 0.2) is 89.6 Å². The molecule has 0 aliphatic carbocycles. The van der Waals surface area contributed by atoms with Crippen molar-refractivity contribution in [3.63, 3.8) is 0 Å². The molecule has 35 heavy (non-hydrogen) atoms. The minimum atomic E-state index is 0.491. The molecule has 2 aromatic rings. The van der Waals surface area contributed by atoms with Crippen molar-refractivity contribution in [1.29, 1.82) is 0 Å². The molecular weight excluding hydrogens is 452 g/mol. The standard InChI is InChI=1S/C29H35ClN2O.C2H6/c1-7-9-17-31-29(32-20-22(4)12-11-21(3)10-8-2)27-18-25(19-28(33-6)23(27)5)24-13-15-26(30)16-14-24;1-2/h9-19H,4,7-8,20H2,1-3,5-6H3,(H,31,32);1-2H3/b12-11-,17-9+,21-10+;. The van der Waals surface area contributed by atoms with E-state index in [0.29, 0.717) is 11.6 Å². The lowest BCUT2D eigenvalue weighted by Crippen LogP contribution is -2.21. The van der Waals surface area contributed by atoms with Crippen LogP contribution in [0.3, 0.4) is 0 Å². The lowest BCUT2D eigenvalue weighted by Gasteiger charge is -2.16. The summed E-state index contributed by atoms with van der Waals surface area (Å²) in [5.41, 5.74) is 6.28. The Bertz CT molecular complexity index is 1060. The van der Waals surface area contributed by atoms with Crippen LogP contribution < -0.4 is 10.1 Å². The number of halogens is 1. The third-order valence-corrected chi connectivity index (χ3v) is 5.39. The smallest absolute Gasteiger partial charge is 0.133 e. The van der Waals surface area contributed by atoms with E-state index in [2.05, 4.69) is 57.0 Å². The Hall–Kier alpha value is -3.04. The van der Waals surface area contributed by atoms with Crippen molar-refractivity contribution in [3.05, 3.63) is 101 Å². The summed E-state index contributed by atoms with van der Waals surface area (Å²) < 4.78 is 5.70. The van der Waals surface area contributed by atoms with Crippen LogP contribution in [0, 0.1) is 6.92 Å². The summed E-state index contributed by atoms with van der Waals surface area (Å²) in [7, 11) is 1.69. The molecule has 0 fully saturated rings. The second kappa shape index (κ2) is 16.6. The number of allylic oxidation sites excluding steroid dienone is 4. The lowest BCUT2D eigenvalue weighted by molar-refractivity contribution is 0.412. The first-order valence-electron chi connectivity index (χ1n) is 12.3. The fourth-order valence-electron chi connectivity index (χ4n) is 3.29. The average Bonchev–Trinajstić information content (AvgIpc) is 2.87. The van der Waals surface area contributed by atoms with Crippen LogP contribution in [0.1, 0.15) is 58.6 Å². The Morgan fingerprint density at radius 3 is 2.34 bits per heavy atom. The minimum Gasteiger partial charge on any atom is -0.496 e. The van der Waals surface area contributed by atoms with Gasteiger partial charge >= 0.3 is 0 Å².